The molecule has 4 N–H and O–H groups in total. The van der Waals surface area contributed by atoms with E-state index in [0.29, 0.717) is 17.1 Å². The minimum atomic E-state index is -3.36. The van der Waals surface area contributed by atoms with Crippen LogP contribution in [0.15, 0.2) is 54.0 Å². The number of nitrogens with two attached hydrogens (primary N) is 1. The third-order valence-corrected chi connectivity index (χ3v) is 5.02. The van der Waals surface area contributed by atoms with Crippen molar-refractivity contribution in [2.75, 3.05) is 22.0 Å². The highest BCUT2D eigenvalue weighted by atomic mass is 32.2. The smallest absolute Gasteiger partial charge is 0.229 e. The van der Waals surface area contributed by atoms with Crippen molar-refractivity contribution in [3.05, 3.63) is 59.6 Å². The van der Waals surface area contributed by atoms with Gasteiger partial charge in [0.25, 0.3) is 0 Å². The van der Waals surface area contributed by atoms with Crippen LogP contribution in [0.1, 0.15) is 5.56 Å². The van der Waals surface area contributed by atoms with Crippen molar-refractivity contribution in [2.45, 2.75) is 6.42 Å². The van der Waals surface area contributed by atoms with Crippen molar-refractivity contribution in [2.24, 2.45) is 0 Å². The van der Waals surface area contributed by atoms with Gasteiger partial charge >= 0.3 is 0 Å². The zero-order chi connectivity index (χ0) is 19.4. The van der Waals surface area contributed by atoms with Crippen molar-refractivity contribution in [1.29, 1.82) is 0 Å². The van der Waals surface area contributed by atoms with Crippen molar-refractivity contribution in [3.8, 4) is 11.1 Å². The van der Waals surface area contributed by atoms with E-state index in [4.69, 9.17) is 5.73 Å². The van der Waals surface area contributed by atoms with E-state index in [0.717, 1.165) is 22.4 Å². The third-order valence-electron chi connectivity index (χ3n) is 3.57. The molecule has 3 aromatic rings. The van der Waals surface area contributed by atoms with Crippen LogP contribution in [0.3, 0.4) is 0 Å². The topological polar surface area (TPSA) is 114 Å². The molecule has 0 fully saturated rings. The average molecular weight is 403 g/mol. The molecule has 0 saturated heterocycles. The number of amides is 1. The Balaban J connectivity index is 1.66. The molecule has 0 unspecified atom stereocenters. The Morgan fingerprint density at radius 1 is 1.19 bits per heavy atom. The molecule has 0 saturated carbocycles. The summed E-state index contributed by atoms with van der Waals surface area (Å²) in [5, 5.41) is 5.51. The second-order valence-corrected chi connectivity index (χ2v) is 8.63. The first-order valence-corrected chi connectivity index (χ1v) is 10.7. The van der Waals surface area contributed by atoms with E-state index in [9.17, 15) is 13.2 Å². The Morgan fingerprint density at radius 2 is 2.00 bits per heavy atom. The zero-order valence-electron chi connectivity index (χ0n) is 14.5. The number of nitrogen functional groups attached to an aromatic ring is 1. The van der Waals surface area contributed by atoms with Gasteiger partial charge in [-0.15, -0.1) is 11.3 Å². The first-order chi connectivity index (χ1) is 12.8. The Morgan fingerprint density at radius 3 is 2.74 bits per heavy atom. The second-order valence-electron chi connectivity index (χ2n) is 5.97. The number of benzene rings is 1. The van der Waals surface area contributed by atoms with Crippen molar-refractivity contribution < 1.29 is 13.2 Å². The van der Waals surface area contributed by atoms with E-state index in [2.05, 4.69) is 15.0 Å². The molecular formula is C18H18N4O3S2. The van der Waals surface area contributed by atoms with E-state index in [1.165, 1.54) is 11.3 Å². The number of thiophene rings is 1. The van der Waals surface area contributed by atoms with Gasteiger partial charge in [0.15, 0.2) is 0 Å². The summed E-state index contributed by atoms with van der Waals surface area (Å²) in [5.41, 5.74) is 8.71. The SMILES string of the molecule is CS(=O)(=O)Nc1cccc(CC(=O)Nc2cc(-c3ccnc(N)c3)cs2)c1. The van der Waals surface area contributed by atoms with Crippen LogP contribution in [0, 0.1) is 0 Å². The molecule has 1 aromatic carbocycles. The summed E-state index contributed by atoms with van der Waals surface area (Å²) in [6.07, 6.45) is 2.85. The quantitative estimate of drug-likeness (QED) is 0.586. The highest BCUT2D eigenvalue weighted by Gasteiger charge is 2.09. The van der Waals surface area contributed by atoms with Gasteiger partial charge in [-0.1, -0.05) is 12.1 Å². The Labute approximate surface area is 161 Å². The predicted molar refractivity (Wildman–Crippen MR) is 109 cm³/mol. The number of carbonyl (C=O) groups is 1. The standard InChI is InChI=1S/C18H18N4O3S2/c1-27(24,25)22-15-4-2-3-12(7-15)8-17(23)21-18-10-14(11-26-18)13-5-6-20-16(19)9-13/h2-7,9-11,22H,8H2,1H3,(H2,19,20)(H,21,23). The average Bonchev–Trinajstić information content (AvgIpc) is 3.02. The van der Waals surface area contributed by atoms with Crippen LogP contribution < -0.4 is 15.8 Å². The van der Waals surface area contributed by atoms with Crippen LogP contribution in [0.2, 0.25) is 0 Å². The Hall–Kier alpha value is -2.91. The van der Waals surface area contributed by atoms with E-state index < -0.39 is 10.0 Å². The fourth-order valence-electron chi connectivity index (χ4n) is 2.51. The lowest BCUT2D eigenvalue weighted by atomic mass is 10.1. The number of rotatable bonds is 6. The summed E-state index contributed by atoms with van der Waals surface area (Å²) in [6, 6.07) is 12.2. The number of anilines is 3. The van der Waals surface area contributed by atoms with E-state index >= 15 is 0 Å². The van der Waals surface area contributed by atoms with Gasteiger partial charge in [-0.2, -0.15) is 0 Å². The number of hydrogen-bond donors (Lipinski definition) is 3. The lowest BCUT2D eigenvalue weighted by Gasteiger charge is -2.07. The molecule has 2 aromatic heterocycles. The van der Waals surface area contributed by atoms with Gasteiger partial charge in [0.2, 0.25) is 15.9 Å². The molecule has 3 rings (SSSR count). The van der Waals surface area contributed by atoms with Crippen LogP contribution in [-0.2, 0) is 21.2 Å². The summed E-state index contributed by atoms with van der Waals surface area (Å²) in [5.74, 6) is 0.251. The van der Waals surface area contributed by atoms with Crippen LogP contribution in [0.5, 0.6) is 0 Å². The fourth-order valence-corrected chi connectivity index (χ4v) is 3.89. The maximum Gasteiger partial charge on any atom is 0.229 e. The monoisotopic (exact) mass is 402 g/mol. The van der Waals surface area contributed by atoms with Gasteiger partial charge in [-0.25, -0.2) is 13.4 Å². The highest BCUT2D eigenvalue weighted by molar-refractivity contribution is 7.92. The van der Waals surface area contributed by atoms with Crippen molar-refractivity contribution in [3.63, 3.8) is 0 Å². The lowest BCUT2D eigenvalue weighted by molar-refractivity contribution is -0.115. The van der Waals surface area contributed by atoms with Crippen LogP contribution >= 0.6 is 11.3 Å². The molecule has 0 aliphatic heterocycles. The highest BCUT2D eigenvalue weighted by Crippen LogP contribution is 2.29. The molecule has 0 spiro atoms. The van der Waals surface area contributed by atoms with Gasteiger partial charge < -0.3 is 11.1 Å². The normalized spacial score (nSPS) is 11.1. The molecule has 1 amide bonds. The molecule has 140 valence electrons. The zero-order valence-corrected chi connectivity index (χ0v) is 16.1. The van der Waals surface area contributed by atoms with Crippen LogP contribution in [0.4, 0.5) is 16.5 Å². The van der Waals surface area contributed by atoms with E-state index in [1.807, 2.05) is 17.5 Å². The second kappa shape index (κ2) is 7.77. The largest absolute Gasteiger partial charge is 0.384 e. The minimum absolute atomic E-state index is 0.134. The van der Waals surface area contributed by atoms with E-state index in [1.54, 1.807) is 36.5 Å². The first kappa shape index (κ1) is 18.9. The van der Waals surface area contributed by atoms with Crippen molar-refractivity contribution in [1.82, 2.24) is 4.98 Å². The summed E-state index contributed by atoms with van der Waals surface area (Å²) in [4.78, 5) is 16.3. The number of sulfonamides is 1. The number of hydrogen-bond acceptors (Lipinski definition) is 6. The summed E-state index contributed by atoms with van der Waals surface area (Å²) >= 11 is 1.42. The van der Waals surface area contributed by atoms with Crippen LogP contribution in [0.25, 0.3) is 11.1 Å². The third kappa shape index (κ3) is 5.53. The number of nitrogens with one attached hydrogen (secondary N) is 2. The summed E-state index contributed by atoms with van der Waals surface area (Å²) in [6.45, 7) is 0. The maximum absolute atomic E-state index is 12.3. The molecule has 0 aliphatic carbocycles. The molecule has 27 heavy (non-hydrogen) atoms. The Kier molecular flexibility index (Phi) is 5.43. The maximum atomic E-state index is 12.3. The number of nitrogens with zero attached hydrogens (tertiary/aromatic N) is 1. The molecule has 0 atom stereocenters. The molecule has 0 aliphatic rings. The summed E-state index contributed by atoms with van der Waals surface area (Å²) < 4.78 is 25.0. The van der Waals surface area contributed by atoms with Crippen molar-refractivity contribution >= 4 is 43.8 Å². The number of aromatic nitrogens is 1. The predicted octanol–water partition coefficient (Wildman–Crippen LogP) is 2.95. The first-order valence-electron chi connectivity index (χ1n) is 7.95. The number of pyridine rings is 1. The minimum Gasteiger partial charge on any atom is -0.384 e. The van der Waals surface area contributed by atoms with Gasteiger partial charge in [-0.05, 0) is 47.0 Å². The molecule has 0 radical (unpaired) electrons. The van der Waals surface area contributed by atoms with Gasteiger partial charge in [0.1, 0.15) is 5.82 Å². The number of carbonyl (C=O) groups excluding carboxylic acids is 1. The van der Waals surface area contributed by atoms with Gasteiger partial charge in [0.05, 0.1) is 17.7 Å². The van der Waals surface area contributed by atoms with Gasteiger partial charge in [0, 0.05) is 17.3 Å². The summed E-state index contributed by atoms with van der Waals surface area (Å²) in [7, 11) is -3.36. The molecule has 2 heterocycles. The molecule has 0 bridgehead atoms. The van der Waals surface area contributed by atoms with Gasteiger partial charge in [-0.3, -0.25) is 9.52 Å². The molecule has 9 heteroatoms. The Bertz CT molecular complexity index is 1080. The molecule has 7 nitrogen and oxygen atoms in total. The van der Waals surface area contributed by atoms with E-state index in [-0.39, 0.29) is 12.3 Å². The van der Waals surface area contributed by atoms with Crippen LogP contribution in [-0.4, -0.2) is 25.6 Å². The molecular weight excluding hydrogens is 384 g/mol. The lowest BCUT2D eigenvalue weighted by Crippen LogP contribution is -2.14. The fraction of sp³-hybridized carbons (Fsp3) is 0.111.